The molecule has 3 nitrogen and oxygen atoms in total. The zero-order valence-electron chi connectivity index (χ0n) is 9.95. The minimum Gasteiger partial charge on any atom is -0.465 e. The summed E-state index contributed by atoms with van der Waals surface area (Å²) in [5.41, 5.74) is 0. The normalized spacial score (nSPS) is 12.8. The maximum absolute atomic E-state index is 11.4. The van der Waals surface area contributed by atoms with Crippen molar-refractivity contribution in [1.29, 1.82) is 0 Å². The van der Waals surface area contributed by atoms with Crippen molar-refractivity contribution in [1.82, 2.24) is 0 Å². The molecule has 0 radical (unpaired) electrons. The lowest BCUT2D eigenvalue weighted by atomic mass is 10.2. The molecular formula is C11H22O3S. The third kappa shape index (κ3) is 9.91. The van der Waals surface area contributed by atoms with Gasteiger partial charge in [0.15, 0.2) is 0 Å². The summed E-state index contributed by atoms with van der Waals surface area (Å²) in [5, 5.41) is 0. The Hall–Kier alpha value is -0.380. The van der Waals surface area contributed by atoms with E-state index in [1.54, 1.807) is 0 Å². The minimum atomic E-state index is -1.05. The van der Waals surface area contributed by atoms with Crippen LogP contribution in [0, 0.1) is 5.92 Å². The number of carbonyl (C=O) groups is 1. The minimum absolute atomic E-state index is 0.0520. The van der Waals surface area contributed by atoms with E-state index in [2.05, 4.69) is 13.8 Å². The van der Waals surface area contributed by atoms with Crippen LogP contribution in [0.3, 0.4) is 0 Å². The third-order valence-electron chi connectivity index (χ3n) is 1.96. The highest BCUT2D eigenvalue weighted by molar-refractivity contribution is 7.85. The number of ether oxygens (including phenoxy) is 1. The van der Waals surface area contributed by atoms with Gasteiger partial charge in [0.25, 0.3) is 0 Å². The molecule has 0 saturated heterocycles. The molecule has 1 unspecified atom stereocenters. The van der Waals surface area contributed by atoms with Gasteiger partial charge in [0, 0.05) is 16.6 Å². The molecular weight excluding hydrogens is 212 g/mol. The van der Waals surface area contributed by atoms with Gasteiger partial charge in [-0.3, -0.25) is 9.00 Å². The van der Waals surface area contributed by atoms with E-state index in [0.29, 0.717) is 18.3 Å². The van der Waals surface area contributed by atoms with Crippen molar-refractivity contribution in [3.05, 3.63) is 0 Å². The van der Waals surface area contributed by atoms with E-state index in [0.717, 1.165) is 19.3 Å². The highest BCUT2D eigenvalue weighted by Gasteiger charge is 2.09. The predicted octanol–water partition coefficient (Wildman–Crippen LogP) is 2.12. The first-order valence-electron chi connectivity index (χ1n) is 5.56. The number of unbranched alkanes of at least 4 members (excludes halogenated alkanes) is 1. The molecule has 0 fully saturated rings. The molecule has 90 valence electrons. The fourth-order valence-corrected chi connectivity index (χ4v) is 2.17. The molecule has 0 aliphatic rings. The highest BCUT2D eigenvalue weighted by atomic mass is 32.2. The maximum Gasteiger partial charge on any atom is 0.318 e. The molecule has 4 heteroatoms. The highest BCUT2D eigenvalue weighted by Crippen LogP contribution is 2.01. The van der Waals surface area contributed by atoms with Gasteiger partial charge in [0.05, 0.1) is 6.61 Å². The first-order valence-corrected chi connectivity index (χ1v) is 7.05. The van der Waals surface area contributed by atoms with E-state index < -0.39 is 10.8 Å². The molecule has 0 aliphatic heterocycles. The van der Waals surface area contributed by atoms with Gasteiger partial charge in [0.1, 0.15) is 5.75 Å². The Morgan fingerprint density at radius 2 is 2.07 bits per heavy atom. The van der Waals surface area contributed by atoms with Gasteiger partial charge in [-0.05, 0) is 18.8 Å². The third-order valence-corrected chi connectivity index (χ3v) is 3.21. The molecule has 0 spiro atoms. The number of carbonyl (C=O) groups excluding carboxylic acids is 1. The summed E-state index contributed by atoms with van der Waals surface area (Å²) in [6.07, 6.45) is 2.78. The molecule has 1 atom stereocenters. The molecule has 0 N–H and O–H groups in total. The van der Waals surface area contributed by atoms with Crippen molar-refractivity contribution in [2.75, 3.05) is 18.1 Å². The van der Waals surface area contributed by atoms with Gasteiger partial charge in [0.2, 0.25) is 0 Å². The van der Waals surface area contributed by atoms with Crippen LogP contribution in [0.25, 0.3) is 0 Å². The lowest BCUT2D eigenvalue weighted by Crippen LogP contribution is -2.17. The van der Waals surface area contributed by atoms with Crippen molar-refractivity contribution in [2.24, 2.45) is 5.92 Å². The Morgan fingerprint density at radius 1 is 1.40 bits per heavy atom. The Kier molecular flexibility index (Phi) is 8.67. The summed E-state index contributed by atoms with van der Waals surface area (Å²) in [4.78, 5) is 11.2. The van der Waals surface area contributed by atoms with Crippen LogP contribution in [-0.2, 0) is 20.3 Å². The summed E-state index contributed by atoms with van der Waals surface area (Å²) in [6.45, 7) is 6.65. The second kappa shape index (κ2) is 8.89. The van der Waals surface area contributed by atoms with E-state index >= 15 is 0 Å². The van der Waals surface area contributed by atoms with E-state index in [1.165, 1.54) is 0 Å². The zero-order chi connectivity index (χ0) is 11.7. The van der Waals surface area contributed by atoms with Crippen LogP contribution >= 0.6 is 0 Å². The monoisotopic (exact) mass is 234 g/mol. The summed E-state index contributed by atoms with van der Waals surface area (Å²) < 4.78 is 16.3. The van der Waals surface area contributed by atoms with Gasteiger partial charge in [-0.15, -0.1) is 0 Å². The van der Waals surface area contributed by atoms with Crippen molar-refractivity contribution >= 4 is 16.8 Å². The van der Waals surface area contributed by atoms with Crippen molar-refractivity contribution in [2.45, 2.75) is 40.0 Å². The SMILES string of the molecule is CCCCOC(=O)CS(=O)CCC(C)C. The van der Waals surface area contributed by atoms with Crippen molar-refractivity contribution in [3.8, 4) is 0 Å². The van der Waals surface area contributed by atoms with Gasteiger partial charge >= 0.3 is 5.97 Å². The second-order valence-electron chi connectivity index (χ2n) is 4.04. The Labute approximate surface area is 95.0 Å². The smallest absolute Gasteiger partial charge is 0.318 e. The summed E-state index contributed by atoms with van der Waals surface area (Å²) in [7, 11) is -1.05. The predicted molar refractivity (Wildman–Crippen MR) is 63.2 cm³/mol. The molecule has 0 aromatic heterocycles. The summed E-state index contributed by atoms with van der Waals surface area (Å²) >= 11 is 0. The first kappa shape index (κ1) is 14.6. The van der Waals surface area contributed by atoms with Gasteiger partial charge in [-0.1, -0.05) is 27.2 Å². The van der Waals surface area contributed by atoms with E-state index in [4.69, 9.17) is 4.74 Å². The molecule has 0 aliphatic carbocycles. The van der Waals surface area contributed by atoms with Crippen LogP contribution in [-0.4, -0.2) is 28.3 Å². The molecule has 0 aromatic carbocycles. The molecule has 0 rings (SSSR count). The summed E-state index contributed by atoms with van der Waals surface area (Å²) in [5.74, 6) is 0.854. The van der Waals surface area contributed by atoms with E-state index in [1.807, 2.05) is 6.92 Å². The Balaban J connectivity index is 3.53. The Bertz CT molecular complexity index is 202. The zero-order valence-corrected chi connectivity index (χ0v) is 10.8. The number of rotatable bonds is 8. The fourth-order valence-electron chi connectivity index (χ4n) is 0.943. The topological polar surface area (TPSA) is 43.4 Å². The average Bonchev–Trinajstić information content (AvgIpc) is 2.15. The van der Waals surface area contributed by atoms with E-state index in [9.17, 15) is 9.00 Å². The van der Waals surface area contributed by atoms with Crippen LogP contribution < -0.4 is 0 Å². The van der Waals surface area contributed by atoms with Crippen molar-refractivity contribution < 1.29 is 13.7 Å². The standard InChI is InChI=1S/C11H22O3S/c1-4-5-7-14-11(12)9-15(13)8-6-10(2)3/h10H,4-9H2,1-3H3. The van der Waals surface area contributed by atoms with Crippen LogP contribution in [0.4, 0.5) is 0 Å². The van der Waals surface area contributed by atoms with Crippen molar-refractivity contribution in [3.63, 3.8) is 0 Å². The fraction of sp³-hybridized carbons (Fsp3) is 0.909. The molecule has 0 amide bonds. The lowest BCUT2D eigenvalue weighted by Gasteiger charge is -2.05. The lowest BCUT2D eigenvalue weighted by molar-refractivity contribution is -0.140. The quantitative estimate of drug-likeness (QED) is 0.477. The van der Waals surface area contributed by atoms with Crippen LogP contribution in [0.15, 0.2) is 0 Å². The largest absolute Gasteiger partial charge is 0.465 e. The van der Waals surface area contributed by atoms with Crippen LogP contribution in [0.2, 0.25) is 0 Å². The van der Waals surface area contributed by atoms with Gasteiger partial charge < -0.3 is 4.74 Å². The molecule has 0 aromatic rings. The van der Waals surface area contributed by atoms with Crippen LogP contribution in [0.5, 0.6) is 0 Å². The molecule has 0 bridgehead atoms. The first-order chi connectivity index (χ1) is 7.06. The maximum atomic E-state index is 11.4. The Morgan fingerprint density at radius 3 is 2.60 bits per heavy atom. The number of esters is 1. The number of hydrogen-bond acceptors (Lipinski definition) is 3. The van der Waals surface area contributed by atoms with Gasteiger partial charge in [-0.25, -0.2) is 0 Å². The second-order valence-corrected chi connectivity index (χ2v) is 5.62. The average molecular weight is 234 g/mol. The molecule has 0 heterocycles. The molecule has 15 heavy (non-hydrogen) atoms. The van der Waals surface area contributed by atoms with E-state index in [-0.39, 0.29) is 11.7 Å². The van der Waals surface area contributed by atoms with Gasteiger partial charge in [-0.2, -0.15) is 0 Å². The van der Waals surface area contributed by atoms with Crippen LogP contribution in [0.1, 0.15) is 40.0 Å². The molecule has 0 saturated carbocycles. The number of hydrogen-bond donors (Lipinski definition) is 0. The summed E-state index contributed by atoms with van der Waals surface area (Å²) in [6, 6.07) is 0.